The lowest BCUT2D eigenvalue weighted by Gasteiger charge is -2.41. The van der Waals surface area contributed by atoms with Gasteiger partial charge in [0.25, 0.3) is 0 Å². The molecule has 0 spiro atoms. The fraction of sp³-hybridized carbons (Fsp3) is 0.625. The van der Waals surface area contributed by atoms with Crippen molar-refractivity contribution < 1.29 is 19.1 Å². The number of amides is 4. The molecule has 1 aliphatic rings. The lowest BCUT2D eigenvalue weighted by atomic mass is 9.97. The minimum Gasteiger partial charge on any atom is -0.367 e. The first-order valence-corrected chi connectivity index (χ1v) is 11.5. The maximum atomic E-state index is 13.3. The van der Waals surface area contributed by atoms with Crippen molar-refractivity contribution in [2.75, 3.05) is 26.2 Å². The molecule has 0 aliphatic carbocycles. The van der Waals surface area contributed by atoms with Gasteiger partial charge in [0.05, 0.1) is 6.61 Å². The number of ether oxygens (including phenoxy) is 1. The predicted molar refractivity (Wildman–Crippen MR) is 124 cm³/mol. The molecule has 4 amide bonds. The van der Waals surface area contributed by atoms with Gasteiger partial charge in [0, 0.05) is 31.7 Å². The van der Waals surface area contributed by atoms with Gasteiger partial charge in [0.2, 0.25) is 11.8 Å². The Bertz CT molecular complexity index is 756. The Labute approximate surface area is 191 Å². The first-order valence-electron chi connectivity index (χ1n) is 11.5. The number of rotatable bonds is 9. The first kappa shape index (κ1) is 25.6. The Morgan fingerprint density at radius 1 is 1.09 bits per heavy atom. The molecule has 1 saturated heterocycles. The number of hydrogen-bond donors (Lipinski definition) is 2. The minimum atomic E-state index is -0.615. The summed E-state index contributed by atoms with van der Waals surface area (Å²) in [6.07, 6.45) is 0.758. The highest BCUT2D eigenvalue weighted by Gasteiger charge is 2.35. The molecule has 32 heavy (non-hydrogen) atoms. The molecule has 1 aromatic rings. The van der Waals surface area contributed by atoms with Gasteiger partial charge in [-0.15, -0.1) is 0 Å². The molecule has 1 aromatic carbocycles. The predicted octanol–water partition coefficient (Wildman–Crippen LogP) is 2.38. The van der Waals surface area contributed by atoms with Gasteiger partial charge in [-0.3, -0.25) is 9.59 Å². The van der Waals surface area contributed by atoms with Gasteiger partial charge in [0.1, 0.15) is 12.6 Å². The molecule has 0 bridgehead atoms. The highest BCUT2D eigenvalue weighted by Crippen LogP contribution is 2.16. The third-order valence-electron chi connectivity index (χ3n) is 5.75. The van der Waals surface area contributed by atoms with Gasteiger partial charge in [-0.2, -0.15) is 0 Å². The topological polar surface area (TPSA) is 91.0 Å². The first-order chi connectivity index (χ1) is 15.2. The summed E-state index contributed by atoms with van der Waals surface area (Å²) in [4.78, 5) is 41.7. The van der Waals surface area contributed by atoms with Crippen LogP contribution >= 0.6 is 0 Å². The van der Waals surface area contributed by atoms with Crippen LogP contribution in [0.25, 0.3) is 0 Å². The summed E-state index contributed by atoms with van der Waals surface area (Å²) in [5, 5.41) is 5.79. The van der Waals surface area contributed by atoms with Crippen LogP contribution in [0.4, 0.5) is 4.79 Å². The lowest BCUT2D eigenvalue weighted by molar-refractivity contribution is -0.141. The van der Waals surface area contributed by atoms with Crippen molar-refractivity contribution in [2.45, 2.75) is 65.8 Å². The highest BCUT2D eigenvalue weighted by molar-refractivity contribution is 5.88. The van der Waals surface area contributed by atoms with E-state index in [1.165, 1.54) is 0 Å². The van der Waals surface area contributed by atoms with Crippen molar-refractivity contribution in [3.63, 3.8) is 0 Å². The highest BCUT2D eigenvalue weighted by atomic mass is 16.5. The van der Waals surface area contributed by atoms with Crippen molar-refractivity contribution in [1.29, 1.82) is 0 Å². The molecule has 8 nitrogen and oxygen atoms in total. The van der Waals surface area contributed by atoms with Crippen LogP contribution in [0.2, 0.25) is 0 Å². The maximum absolute atomic E-state index is 13.3. The summed E-state index contributed by atoms with van der Waals surface area (Å²) in [5.41, 5.74) is 0.989. The van der Waals surface area contributed by atoms with E-state index >= 15 is 0 Å². The van der Waals surface area contributed by atoms with Gasteiger partial charge in [-0.25, -0.2) is 4.79 Å². The van der Waals surface area contributed by atoms with E-state index in [1.807, 2.05) is 65.0 Å². The molecule has 1 heterocycles. The van der Waals surface area contributed by atoms with Crippen molar-refractivity contribution in [3.05, 3.63) is 35.9 Å². The Morgan fingerprint density at radius 3 is 2.38 bits per heavy atom. The molecule has 1 fully saturated rings. The zero-order valence-electron chi connectivity index (χ0n) is 20.0. The van der Waals surface area contributed by atoms with E-state index < -0.39 is 6.04 Å². The molecule has 178 valence electrons. The number of carbonyl (C=O) groups is 3. The molecular weight excluding hydrogens is 408 g/mol. The van der Waals surface area contributed by atoms with E-state index in [1.54, 1.807) is 9.80 Å². The van der Waals surface area contributed by atoms with Gasteiger partial charge in [-0.05, 0) is 32.3 Å². The maximum Gasteiger partial charge on any atom is 0.317 e. The molecule has 0 aromatic heterocycles. The van der Waals surface area contributed by atoms with E-state index in [0.717, 1.165) is 12.0 Å². The van der Waals surface area contributed by atoms with Gasteiger partial charge in [0.15, 0.2) is 0 Å². The standard InChI is InChI=1S/C24H38N4O4/c1-6-18(4)22(26-21(29)16-32-15-20-10-8-7-9-11-20)23(30)27-12-13-28(19(5)14-27)24(31)25-17(2)3/h7-11,17-19,22H,6,12-16H2,1-5H3,(H,25,31)(H,26,29). The SMILES string of the molecule is CCC(C)C(NC(=O)COCc1ccccc1)C(=O)N1CCN(C(=O)NC(C)C)C(C)C1. The van der Waals surface area contributed by atoms with Crippen molar-refractivity contribution in [2.24, 2.45) is 5.92 Å². The summed E-state index contributed by atoms with van der Waals surface area (Å²) in [5.74, 6) is -0.424. The number of piperazine rings is 1. The van der Waals surface area contributed by atoms with Gasteiger partial charge < -0.3 is 25.2 Å². The molecule has 8 heteroatoms. The molecule has 2 N–H and O–H groups in total. The van der Waals surface area contributed by atoms with Crippen LogP contribution in [-0.2, 0) is 20.9 Å². The third kappa shape index (κ3) is 7.51. The summed E-state index contributed by atoms with van der Waals surface area (Å²) < 4.78 is 5.52. The number of hydrogen-bond acceptors (Lipinski definition) is 4. The van der Waals surface area contributed by atoms with Crippen LogP contribution in [0.5, 0.6) is 0 Å². The minimum absolute atomic E-state index is 0.0156. The van der Waals surface area contributed by atoms with E-state index in [2.05, 4.69) is 10.6 Å². The zero-order valence-corrected chi connectivity index (χ0v) is 20.0. The molecule has 1 aliphatic heterocycles. The average Bonchev–Trinajstić information content (AvgIpc) is 2.76. The van der Waals surface area contributed by atoms with Gasteiger partial charge >= 0.3 is 6.03 Å². The van der Waals surface area contributed by atoms with Crippen molar-refractivity contribution >= 4 is 17.8 Å². The smallest absolute Gasteiger partial charge is 0.317 e. The lowest BCUT2D eigenvalue weighted by Crippen LogP contribution is -2.61. The van der Waals surface area contributed by atoms with Crippen LogP contribution < -0.4 is 10.6 Å². The number of nitrogens with one attached hydrogen (secondary N) is 2. The summed E-state index contributed by atoms with van der Waals surface area (Å²) in [6, 6.07) is 8.87. The second-order valence-electron chi connectivity index (χ2n) is 8.84. The molecule has 2 rings (SSSR count). The molecule has 0 radical (unpaired) electrons. The van der Waals surface area contributed by atoms with E-state index in [-0.39, 0.29) is 42.5 Å². The monoisotopic (exact) mass is 446 g/mol. The van der Waals surface area contributed by atoms with Crippen LogP contribution in [0.3, 0.4) is 0 Å². The van der Waals surface area contributed by atoms with Crippen molar-refractivity contribution in [1.82, 2.24) is 20.4 Å². The average molecular weight is 447 g/mol. The van der Waals surface area contributed by atoms with Crippen LogP contribution in [-0.4, -0.2) is 72.0 Å². The normalized spacial score (nSPS) is 18.2. The van der Waals surface area contributed by atoms with Crippen LogP contribution in [0, 0.1) is 5.92 Å². The molecular formula is C24H38N4O4. The van der Waals surface area contributed by atoms with Gasteiger partial charge in [-0.1, -0.05) is 50.6 Å². The summed E-state index contributed by atoms with van der Waals surface area (Å²) >= 11 is 0. The quantitative estimate of drug-likeness (QED) is 0.609. The van der Waals surface area contributed by atoms with Crippen LogP contribution in [0.15, 0.2) is 30.3 Å². The van der Waals surface area contributed by atoms with Crippen LogP contribution in [0.1, 0.15) is 46.6 Å². The van der Waals surface area contributed by atoms with E-state index in [0.29, 0.717) is 26.2 Å². The third-order valence-corrected chi connectivity index (χ3v) is 5.75. The second-order valence-corrected chi connectivity index (χ2v) is 8.84. The molecule has 0 saturated carbocycles. The number of benzene rings is 1. The Kier molecular flexibility index (Phi) is 9.97. The molecule has 3 unspecified atom stereocenters. The van der Waals surface area contributed by atoms with Crippen molar-refractivity contribution in [3.8, 4) is 0 Å². The molecule has 3 atom stereocenters. The fourth-order valence-corrected chi connectivity index (χ4v) is 3.72. The zero-order chi connectivity index (χ0) is 23.7. The number of urea groups is 1. The fourth-order valence-electron chi connectivity index (χ4n) is 3.72. The number of nitrogens with zero attached hydrogens (tertiary/aromatic N) is 2. The summed E-state index contributed by atoms with van der Waals surface area (Å²) in [7, 11) is 0. The second kappa shape index (κ2) is 12.4. The number of carbonyl (C=O) groups excluding carboxylic acids is 3. The Morgan fingerprint density at radius 2 is 1.78 bits per heavy atom. The summed E-state index contributed by atoms with van der Waals surface area (Å²) in [6.45, 7) is 11.3. The van der Waals surface area contributed by atoms with E-state index in [9.17, 15) is 14.4 Å². The Hall–Kier alpha value is -2.61. The van der Waals surface area contributed by atoms with E-state index in [4.69, 9.17) is 4.74 Å². The Balaban J connectivity index is 1.91. The largest absolute Gasteiger partial charge is 0.367 e.